The molecule has 1 aromatic carbocycles. The first kappa shape index (κ1) is 16.4. The van der Waals surface area contributed by atoms with Gasteiger partial charge in [-0.1, -0.05) is 19.9 Å². The molecule has 0 aliphatic rings. The highest BCUT2D eigenvalue weighted by molar-refractivity contribution is 5.47. The Morgan fingerprint density at radius 3 is 2.60 bits per heavy atom. The lowest BCUT2D eigenvalue weighted by Crippen LogP contribution is -2.37. The van der Waals surface area contributed by atoms with E-state index < -0.39 is 4.92 Å². The molecule has 6 nitrogen and oxygen atoms in total. The lowest BCUT2D eigenvalue weighted by molar-refractivity contribution is -0.385. The first-order chi connectivity index (χ1) is 9.21. The fraction of sp³-hybridized carbons (Fsp3) is 0.571. The molecule has 0 spiro atoms. The van der Waals surface area contributed by atoms with Crippen LogP contribution < -0.4 is 5.32 Å². The second-order valence-electron chi connectivity index (χ2n) is 6.09. The zero-order valence-electron chi connectivity index (χ0n) is 12.5. The molecule has 0 aromatic heterocycles. The van der Waals surface area contributed by atoms with Gasteiger partial charge in [0.15, 0.2) is 5.75 Å². The van der Waals surface area contributed by atoms with Crippen LogP contribution in [0, 0.1) is 15.5 Å². The van der Waals surface area contributed by atoms with E-state index in [4.69, 9.17) is 0 Å². The van der Waals surface area contributed by atoms with Gasteiger partial charge >= 0.3 is 5.69 Å². The van der Waals surface area contributed by atoms with Crippen molar-refractivity contribution in [2.45, 2.75) is 20.4 Å². The second-order valence-corrected chi connectivity index (χ2v) is 6.09. The molecule has 0 aliphatic carbocycles. The molecule has 2 N–H and O–H groups in total. The van der Waals surface area contributed by atoms with Gasteiger partial charge in [0.1, 0.15) is 0 Å². The maximum Gasteiger partial charge on any atom is 0.311 e. The molecule has 0 unspecified atom stereocenters. The number of nitrogens with one attached hydrogen (secondary N) is 1. The molecule has 1 aromatic rings. The number of nitro groups is 1. The van der Waals surface area contributed by atoms with Gasteiger partial charge in [-0.3, -0.25) is 10.1 Å². The number of benzene rings is 1. The number of rotatable bonds is 7. The van der Waals surface area contributed by atoms with Gasteiger partial charge in [0, 0.05) is 25.7 Å². The van der Waals surface area contributed by atoms with Crippen molar-refractivity contribution in [2.24, 2.45) is 5.41 Å². The van der Waals surface area contributed by atoms with Gasteiger partial charge in [-0.25, -0.2) is 0 Å². The Morgan fingerprint density at radius 1 is 1.40 bits per heavy atom. The first-order valence-corrected chi connectivity index (χ1v) is 6.53. The van der Waals surface area contributed by atoms with Gasteiger partial charge in [0.25, 0.3) is 0 Å². The summed E-state index contributed by atoms with van der Waals surface area (Å²) in [5.74, 6) is -0.299. The fourth-order valence-electron chi connectivity index (χ4n) is 2.28. The number of hydrogen-bond acceptors (Lipinski definition) is 5. The molecule has 0 heterocycles. The number of phenols is 1. The Hall–Kier alpha value is -1.66. The first-order valence-electron chi connectivity index (χ1n) is 6.53. The van der Waals surface area contributed by atoms with Crippen LogP contribution in [0.25, 0.3) is 0 Å². The predicted octanol–water partition coefficient (Wildman–Crippen LogP) is 1.98. The quantitative estimate of drug-likeness (QED) is 0.590. The molecular weight excluding hydrogens is 258 g/mol. The van der Waals surface area contributed by atoms with Crippen molar-refractivity contribution >= 4 is 5.69 Å². The molecule has 1 rings (SSSR count). The summed E-state index contributed by atoms with van der Waals surface area (Å²) < 4.78 is 0. The number of phenolic OH excluding ortho intramolecular Hbond substituents is 1. The summed E-state index contributed by atoms with van der Waals surface area (Å²) >= 11 is 0. The minimum Gasteiger partial charge on any atom is -0.502 e. The highest BCUT2D eigenvalue weighted by Crippen LogP contribution is 2.26. The Bertz CT molecular complexity index is 473. The van der Waals surface area contributed by atoms with Crippen LogP contribution in [0.2, 0.25) is 0 Å². The van der Waals surface area contributed by atoms with Crippen molar-refractivity contribution in [3.05, 3.63) is 33.9 Å². The van der Waals surface area contributed by atoms with Crippen molar-refractivity contribution in [3.8, 4) is 5.75 Å². The van der Waals surface area contributed by atoms with Crippen molar-refractivity contribution in [2.75, 3.05) is 27.2 Å². The Morgan fingerprint density at radius 2 is 2.05 bits per heavy atom. The maximum atomic E-state index is 10.7. The molecule has 0 bridgehead atoms. The number of nitro benzene ring substituents is 1. The standard InChI is InChI=1S/C14H23N3O3/c1-14(2,10-16(3)4)9-15-8-11-5-6-13(18)12(7-11)17(19)20/h5-7,15,18H,8-10H2,1-4H3. The Balaban J connectivity index is 2.58. The largest absolute Gasteiger partial charge is 0.502 e. The van der Waals surface area contributed by atoms with E-state index in [0.717, 1.165) is 18.7 Å². The minimum atomic E-state index is -0.575. The summed E-state index contributed by atoms with van der Waals surface area (Å²) in [5.41, 5.74) is 0.652. The van der Waals surface area contributed by atoms with Crippen LogP contribution >= 0.6 is 0 Å². The van der Waals surface area contributed by atoms with Crippen LogP contribution in [0.5, 0.6) is 5.75 Å². The summed E-state index contributed by atoms with van der Waals surface area (Å²) in [7, 11) is 4.07. The average molecular weight is 281 g/mol. The van der Waals surface area contributed by atoms with Gasteiger partial charge in [-0.15, -0.1) is 0 Å². The normalized spacial score (nSPS) is 11.8. The smallest absolute Gasteiger partial charge is 0.311 e. The third-order valence-electron chi connectivity index (χ3n) is 2.91. The van der Waals surface area contributed by atoms with Gasteiger partial charge in [0.05, 0.1) is 4.92 Å². The summed E-state index contributed by atoms with van der Waals surface area (Å²) in [5, 5.41) is 23.4. The highest BCUT2D eigenvalue weighted by atomic mass is 16.6. The number of nitrogens with zero attached hydrogens (tertiary/aromatic N) is 2. The molecule has 0 atom stereocenters. The molecule has 0 fully saturated rings. The van der Waals surface area contributed by atoms with E-state index in [9.17, 15) is 15.2 Å². The van der Waals surface area contributed by atoms with Crippen LogP contribution in [0.1, 0.15) is 19.4 Å². The molecule has 20 heavy (non-hydrogen) atoms. The number of aromatic hydroxyl groups is 1. The molecule has 6 heteroatoms. The van der Waals surface area contributed by atoms with Crippen molar-refractivity contribution in [1.29, 1.82) is 0 Å². The predicted molar refractivity (Wildman–Crippen MR) is 78.8 cm³/mol. The van der Waals surface area contributed by atoms with Crippen LogP contribution in [0.15, 0.2) is 18.2 Å². The van der Waals surface area contributed by atoms with Gasteiger partial charge in [-0.2, -0.15) is 0 Å². The van der Waals surface area contributed by atoms with Gasteiger partial charge < -0.3 is 15.3 Å². The van der Waals surface area contributed by atoms with Crippen LogP contribution in [0.4, 0.5) is 5.69 Å². The molecule has 0 radical (unpaired) electrons. The highest BCUT2D eigenvalue weighted by Gasteiger charge is 2.18. The summed E-state index contributed by atoms with van der Waals surface area (Å²) in [6.45, 7) is 6.63. The van der Waals surface area contributed by atoms with E-state index in [1.54, 1.807) is 6.07 Å². The van der Waals surface area contributed by atoms with E-state index >= 15 is 0 Å². The molecule has 0 saturated carbocycles. The van der Waals surface area contributed by atoms with Crippen LogP contribution in [0.3, 0.4) is 0 Å². The monoisotopic (exact) mass is 281 g/mol. The van der Waals surface area contributed by atoms with Gasteiger partial charge in [0.2, 0.25) is 0 Å². The van der Waals surface area contributed by atoms with E-state index in [-0.39, 0.29) is 16.9 Å². The second kappa shape index (κ2) is 6.67. The zero-order chi connectivity index (χ0) is 15.3. The minimum absolute atomic E-state index is 0.117. The lowest BCUT2D eigenvalue weighted by Gasteiger charge is -2.28. The Kier molecular flexibility index (Phi) is 5.47. The molecular formula is C14H23N3O3. The van der Waals surface area contributed by atoms with E-state index in [0.29, 0.717) is 6.54 Å². The van der Waals surface area contributed by atoms with Crippen LogP contribution in [-0.4, -0.2) is 42.1 Å². The van der Waals surface area contributed by atoms with Crippen molar-refractivity contribution < 1.29 is 10.0 Å². The van der Waals surface area contributed by atoms with Crippen LogP contribution in [-0.2, 0) is 6.54 Å². The fourth-order valence-corrected chi connectivity index (χ4v) is 2.28. The molecule has 0 amide bonds. The molecule has 112 valence electrons. The van der Waals surface area contributed by atoms with E-state index in [2.05, 4.69) is 24.1 Å². The topological polar surface area (TPSA) is 78.6 Å². The third kappa shape index (κ3) is 5.14. The van der Waals surface area contributed by atoms with Gasteiger partial charge in [-0.05, 0) is 31.1 Å². The molecule has 0 saturated heterocycles. The molecule has 0 aliphatic heterocycles. The summed E-state index contributed by atoms with van der Waals surface area (Å²) in [6.07, 6.45) is 0. The lowest BCUT2D eigenvalue weighted by atomic mass is 9.93. The SMILES string of the molecule is CN(C)CC(C)(C)CNCc1ccc(O)c([N+](=O)[O-])c1. The average Bonchev–Trinajstić information content (AvgIpc) is 2.28. The number of hydrogen-bond donors (Lipinski definition) is 2. The maximum absolute atomic E-state index is 10.7. The third-order valence-corrected chi connectivity index (χ3v) is 2.91. The zero-order valence-corrected chi connectivity index (χ0v) is 12.5. The summed E-state index contributed by atoms with van der Waals surface area (Å²) in [4.78, 5) is 12.3. The van der Waals surface area contributed by atoms with Crippen molar-refractivity contribution in [3.63, 3.8) is 0 Å². The van der Waals surface area contributed by atoms with Crippen molar-refractivity contribution in [1.82, 2.24) is 10.2 Å². The van der Waals surface area contributed by atoms with E-state index in [1.165, 1.54) is 12.1 Å². The van der Waals surface area contributed by atoms with E-state index in [1.807, 2.05) is 14.1 Å². The summed E-state index contributed by atoms with van der Waals surface area (Å²) in [6, 6.07) is 4.45. The Labute approximate surface area is 119 Å².